The van der Waals surface area contributed by atoms with Crippen LogP contribution in [0.2, 0.25) is 0 Å². The molecule has 0 bridgehead atoms. The van der Waals surface area contributed by atoms with Crippen molar-refractivity contribution in [1.82, 2.24) is 14.8 Å². The van der Waals surface area contributed by atoms with E-state index in [0.717, 1.165) is 44.8 Å². The molecule has 2 amide bonds. The van der Waals surface area contributed by atoms with Gasteiger partial charge in [0.2, 0.25) is 0 Å². The number of nitrogens with zero attached hydrogens (tertiary/aromatic N) is 3. The van der Waals surface area contributed by atoms with Gasteiger partial charge in [-0.05, 0) is 42.2 Å². The highest BCUT2D eigenvalue weighted by Gasteiger charge is 2.21. The Morgan fingerprint density at radius 1 is 1.08 bits per heavy atom. The van der Waals surface area contributed by atoms with E-state index in [1.165, 1.54) is 24.0 Å². The van der Waals surface area contributed by atoms with Crippen LogP contribution in [0.15, 0.2) is 48.8 Å². The number of unbranched alkanes of at least 4 members (excludes halogenated alkanes) is 1. The van der Waals surface area contributed by atoms with Crippen LogP contribution in [0.25, 0.3) is 0 Å². The number of rotatable bonds is 6. The second-order valence-electron chi connectivity index (χ2n) is 6.86. The summed E-state index contributed by atoms with van der Waals surface area (Å²) in [6.45, 7) is 6.37. The first kappa shape index (κ1) is 18.4. The maximum absolute atomic E-state index is 12.5. The van der Waals surface area contributed by atoms with Gasteiger partial charge in [0.1, 0.15) is 0 Å². The van der Waals surface area contributed by atoms with E-state index in [2.05, 4.69) is 40.3 Å². The highest BCUT2D eigenvalue weighted by molar-refractivity contribution is 5.89. The van der Waals surface area contributed by atoms with E-state index < -0.39 is 0 Å². The number of benzene rings is 1. The second-order valence-corrected chi connectivity index (χ2v) is 6.86. The fourth-order valence-electron chi connectivity index (χ4n) is 3.20. The maximum Gasteiger partial charge on any atom is 0.321 e. The molecule has 138 valence electrons. The van der Waals surface area contributed by atoms with Crippen molar-refractivity contribution < 1.29 is 4.79 Å². The lowest BCUT2D eigenvalue weighted by molar-refractivity contribution is 0.143. The first-order chi connectivity index (χ1) is 12.7. The monoisotopic (exact) mass is 352 g/mol. The molecule has 1 aromatic heterocycles. The lowest BCUT2D eigenvalue weighted by atomic mass is 10.1. The fourth-order valence-corrected chi connectivity index (χ4v) is 3.20. The van der Waals surface area contributed by atoms with Crippen molar-refractivity contribution in [3.05, 3.63) is 59.9 Å². The van der Waals surface area contributed by atoms with Crippen molar-refractivity contribution in [2.45, 2.75) is 32.7 Å². The van der Waals surface area contributed by atoms with Crippen molar-refractivity contribution >= 4 is 11.7 Å². The van der Waals surface area contributed by atoms with Crippen LogP contribution in [-0.2, 0) is 13.0 Å². The van der Waals surface area contributed by atoms with Crippen molar-refractivity contribution in [2.75, 3.05) is 31.5 Å². The van der Waals surface area contributed by atoms with Crippen molar-refractivity contribution in [3.63, 3.8) is 0 Å². The maximum atomic E-state index is 12.5. The molecule has 1 aliphatic heterocycles. The molecule has 26 heavy (non-hydrogen) atoms. The lowest BCUT2D eigenvalue weighted by Crippen LogP contribution is -2.49. The number of piperazine rings is 1. The minimum absolute atomic E-state index is 0.00710. The molecule has 0 atom stereocenters. The van der Waals surface area contributed by atoms with Gasteiger partial charge in [0.25, 0.3) is 0 Å². The normalized spacial score (nSPS) is 15.0. The second kappa shape index (κ2) is 9.34. The van der Waals surface area contributed by atoms with Crippen molar-refractivity contribution in [3.8, 4) is 0 Å². The number of carbonyl (C=O) groups is 1. The minimum atomic E-state index is -0.00710. The van der Waals surface area contributed by atoms with Crippen LogP contribution in [0.4, 0.5) is 10.5 Å². The highest BCUT2D eigenvalue weighted by Crippen LogP contribution is 2.14. The molecule has 1 aliphatic rings. The predicted octanol–water partition coefficient (Wildman–Crippen LogP) is 3.77. The summed E-state index contributed by atoms with van der Waals surface area (Å²) in [7, 11) is 0. The van der Waals surface area contributed by atoms with Gasteiger partial charge in [0.15, 0.2) is 0 Å². The zero-order chi connectivity index (χ0) is 18.2. The topological polar surface area (TPSA) is 48.5 Å². The first-order valence-electron chi connectivity index (χ1n) is 9.50. The zero-order valence-electron chi connectivity index (χ0n) is 15.5. The molecule has 3 rings (SSSR count). The Balaban J connectivity index is 1.44. The van der Waals surface area contributed by atoms with Gasteiger partial charge in [0, 0.05) is 50.8 Å². The average Bonchev–Trinajstić information content (AvgIpc) is 2.69. The van der Waals surface area contributed by atoms with Crippen LogP contribution >= 0.6 is 0 Å². The number of urea groups is 1. The summed E-state index contributed by atoms with van der Waals surface area (Å²) < 4.78 is 0. The molecular formula is C21H28N4O. The molecule has 2 heterocycles. The quantitative estimate of drug-likeness (QED) is 0.861. The summed E-state index contributed by atoms with van der Waals surface area (Å²) in [6.07, 6.45) is 7.20. The van der Waals surface area contributed by atoms with Crippen LogP contribution < -0.4 is 5.32 Å². The third-order valence-electron chi connectivity index (χ3n) is 4.81. The first-order valence-corrected chi connectivity index (χ1v) is 9.50. The SMILES string of the molecule is CCCCc1ccc(NC(=O)N2CCN(Cc3cccnc3)CC2)cc1. The summed E-state index contributed by atoms with van der Waals surface area (Å²) in [4.78, 5) is 20.9. The number of aryl methyl sites for hydroxylation is 1. The molecule has 1 saturated heterocycles. The average molecular weight is 352 g/mol. The standard InChI is InChI=1S/C21H28N4O/c1-2-3-5-18-7-9-20(10-8-18)23-21(26)25-14-12-24(13-15-25)17-19-6-4-11-22-16-19/h4,6-11,16H,2-3,5,12-15,17H2,1H3,(H,23,26). The molecule has 0 aliphatic carbocycles. The molecule has 2 aromatic rings. The van der Waals surface area contributed by atoms with Crippen LogP contribution in [0.5, 0.6) is 0 Å². The van der Waals surface area contributed by atoms with Crippen LogP contribution in [0.1, 0.15) is 30.9 Å². The molecular weight excluding hydrogens is 324 g/mol. The molecule has 0 radical (unpaired) electrons. The Morgan fingerprint density at radius 3 is 2.50 bits per heavy atom. The number of anilines is 1. The molecule has 1 aromatic carbocycles. The lowest BCUT2D eigenvalue weighted by Gasteiger charge is -2.34. The van der Waals surface area contributed by atoms with E-state index in [9.17, 15) is 4.79 Å². The van der Waals surface area contributed by atoms with Crippen molar-refractivity contribution in [1.29, 1.82) is 0 Å². The van der Waals surface area contributed by atoms with Gasteiger partial charge in [-0.3, -0.25) is 9.88 Å². The van der Waals surface area contributed by atoms with Gasteiger partial charge in [-0.25, -0.2) is 4.79 Å². The van der Waals surface area contributed by atoms with Crippen molar-refractivity contribution in [2.24, 2.45) is 0 Å². The van der Waals surface area contributed by atoms with Gasteiger partial charge in [-0.15, -0.1) is 0 Å². The van der Waals surface area contributed by atoms with Gasteiger partial charge in [-0.2, -0.15) is 0 Å². The Bertz CT molecular complexity index is 679. The molecule has 0 saturated carbocycles. The van der Waals surface area contributed by atoms with Gasteiger partial charge >= 0.3 is 6.03 Å². The van der Waals surface area contributed by atoms with Gasteiger partial charge in [-0.1, -0.05) is 31.5 Å². The minimum Gasteiger partial charge on any atom is -0.322 e. The Hall–Kier alpha value is -2.40. The summed E-state index contributed by atoms with van der Waals surface area (Å²) in [5, 5.41) is 3.02. The smallest absolute Gasteiger partial charge is 0.321 e. The summed E-state index contributed by atoms with van der Waals surface area (Å²) in [6, 6.07) is 12.3. The number of carbonyl (C=O) groups excluding carboxylic acids is 1. The Morgan fingerprint density at radius 2 is 1.85 bits per heavy atom. The summed E-state index contributed by atoms with van der Waals surface area (Å²) in [5.41, 5.74) is 3.41. The third kappa shape index (κ3) is 5.30. The van der Waals surface area contributed by atoms with E-state index in [-0.39, 0.29) is 6.03 Å². The Kier molecular flexibility index (Phi) is 6.61. The van der Waals surface area contributed by atoms with E-state index in [0.29, 0.717) is 0 Å². The number of pyridine rings is 1. The Labute approximate surface area is 156 Å². The number of hydrogen-bond donors (Lipinski definition) is 1. The molecule has 0 unspecified atom stereocenters. The zero-order valence-corrected chi connectivity index (χ0v) is 15.5. The fraction of sp³-hybridized carbons (Fsp3) is 0.429. The number of hydrogen-bond acceptors (Lipinski definition) is 3. The number of aromatic nitrogens is 1. The van der Waals surface area contributed by atoms with Gasteiger partial charge < -0.3 is 10.2 Å². The summed E-state index contributed by atoms with van der Waals surface area (Å²) >= 11 is 0. The third-order valence-corrected chi connectivity index (χ3v) is 4.81. The van der Waals surface area contributed by atoms with Crippen LogP contribution in [-0.4, -0.2) is 47.0 Å². The van der Waals surface area contributed by atoms with Crippen LogP contribution in [0.3, 0.4) is 0 Å². The molecule has 5 nitrogen and oxygen atoms in total. The van der Waals surface area contributed by atoms with E-state index in [1.807, 2.05) is 29.3 Å². The van der Waals surface area contributed by atoms with E-state index in [4.69, 9.17) is 0 Å². The number of amides is 2. The predicted molar refractivity (Wildman–Crippen MR) is 105 cm³/mol. The van der Waals surface area contributed by atoms with E-state index >= 15 is 0 Å². The van der Waals surface area contributed by atoms with E-state index in [1.54, 1.807) is 6.20 Å². The summed E-state index contributed by atoms with van der Waals surface area (Å²) in [5.74, 6) is 0. The van der Waals surface area contributed by atoms with Crippen LogP contribution in [0, 0.1) is 0 Å². The molecule has 0 spiro atoms. The van der Waals surface area contributed by atoms with Gasteiger partial charge in [0.05, 0.1) is 0 Å². The molecule has 1 N–H and O–H groups in total. The molecule has 5 heteroatoms. The molecule has 1 fully saturated rings. The number of nitrogens with one attached hydrogen (secondary N) is 1. The highest BCUT2D eigenvalue weighted by atomic mass is 16.2. The largest absolute Gasteiger partial charge is 0.322 e.